The molecule has 0 spiro atoms. The van der Waals surface area contributed by atoms with Crippen molar-refractivity contribution in [2.24, 2.45) is 0 Å². The van der Waals surface area contributed by atoms with Gasteiger partial charge in [0.2, 0.25) is 0 Å². The van der Waals surface area contributed by atoms with E-state index in [0.29, 0.717) is 0 Å². The predicted molar refractivity (Wildman–Crippen MR) is 87.7 cm³/mol. The molecule has 23 heavy (non-hydrogen) atoms. The van der Waals surface area contributed by atoms with E-state index < -0.39 is 15.5 Å². The fourth-order valence-corrected chi connectivity index (χ4v) is 1.85. The number of ether oxygens (including phenoxy) is 1. The highest BCUT2D eigenvalue weighted by Gasteiger charge is 2.20. The van der Waals surface area contributed by atoms with Gasteiger partial charge in [0.15, 0.2) is 5.75 Å². The molecule has 0 atom stereocenters. The van der Waals surface area contributed by atoms with Gasteiger partial charge < -0.3 is 4.74 Å². The van der Waals surface area contributed by atoms with Gasteiger partial charge in [0, 0.05) is 6.07 Å². The van der Waals surface area contributed by atoms with Crippen molar-refractivity contribution >= 4 is 11.4 Å². The molecule has 124 valence electrons. The van der Waals surface area contributed by atoms with E-state index in [4.69, 9.17) is 4.74 Å². The molecule has 0 bridgehead atoms. The highest BCUT2D eigenvalue weighted by atomic mass is 16.6. The minimum Gasteiger partial charge on any atom is -0.483 e. The molecule has 0 heterocycles. The largest absolute Gasteiger partial charge is 0.483 e. The fourth-order valence-electron chi connectivity index (χ4n) is 1.85. The van der Waals surface area contributed by atoms with Crippen LogP contribution in [0.2, 0.25) is 0 Å². The molecule has 0 radical (unpaired) electrons. The normalized spacial score (nSPS) is 11.0. The lowest BCUT2D eigenvalue weighted by atomic mass is 10.1. The van der Waals surface area contributed by atoms with Crippen LogP contribution in [0.1, 0.15) is 33.6 Å². The highest BCUT2D eigenvalue weighted by Crippen LogP contribution is 2.30. The summed E-state index contributed by atoms with van der Waals surface area (Å²) in [5.74, 6) is 0.0222. The second-order valence-electron chi connectivity index (χ2n) is 5.35. The van der Waals surface area contributed by atoms with E-state index in [2.05, 4.69) is 6.08 Å². The Morgan fingerprint density at radius 2 is 1.83 bits per heavy atom. The van der Waals surface area contributed by atoms with E-state index in [1.807, 2.05) is 26.8 Å². The average Bonchev–Trinajstić information content (AvgIpc) is 2.46. The van der Waals surface area contributed by atoms with Gasteiger partial charge in [-0.15, -0.1) is 0 Å². The van der Waals surface area contributed by atoms with Crippen LogP contribution < -0.4 is 4.74 Å². The Hall–Kier alpha value is -2.70. The van der Waals surface area contributed by atoms with Gasteiger partial charge in [0.25, 0.3) is 5.69 Å². The first-order valence-corrected chi connectivity index (χ1v) is 7.16. The Labute approximate surface area is 134 Å². The van der Waals surface area contributed by atoms with Crippen LogP contribution in [0.15, 0.2) is 41.5 Å². The average molecular weight is 320 g/mol. The van der Waals surface area contributed by atoms with Crippen LogP contribution in [0.25, 0.3) is 0 Å². The third kappa shape index (κ3) is 6.29. The first-order valence-electron chi connectivity index (χ1n) is 7.16. The predicted octanol–water partition coefficient (Wildman–Crippen LogP) is 4.57. The summed E-state index contributed by atoms with van der Waals surface area (Å²) in [6, 6.07) is 3.34. The Morgan fingerprint density at radius 1 is 1.13 bits per heavy atom. The van der Waals surface area contributed by atoms with Crippen LogP contribution in [0.3, 0.4) is 0 Å². The summed E-state index contributed by atoms with van der Waals surface area (Å²) in [5.41, 5.74) is 1.63. The summed E-state index contributed by atoms with van der Waals surface area (Å²) < 4.78 is 5.38. The summed E-state index contributed by atoms with van der Waals surface area (Å²) in [7, 11) is 0. The van der Waals surface area contributed by atoms with Gasteiger partial charge >= 0.3 is 5.69 Å². The summed E-state index contributed by atoms with van der Waals surface area (Å²) in [6.07, 6.45) is 5.81. The summed E-state index contributed by atoms with van der Waals surface area (Å²) in [4.78, 5) is 20.3. The molecule has 1 aromatic rings. The molecule has 0 saturated carbocycles. The number of rotatable bonds is 8. The third-order valence-corrected chi connectivity index (χ3v) is 3.11. The number of hydrogen-bond acceptors (Lipinski definition) is 5. The zero-order chi connectivity index (χ0) is 17.4. The fraction of sp³-hybridized carbons (Fsp3) is 0.375. The van der Waals surface area contributed by atoms with E-state index >= 15 is 0 Å². The number of hydrogen-bond donors (Lipinski definition) is 0. The molecule has 0 aliphatic rings. The van der Waals surface area contributed by atoms with Gasteiger partial charge in [-0.3, -0.25) is 20.2 Å². The van der Waals surface area contributed by atoms with Crippen molar-refractivity contribution in [2.75, 3.05) is 6.61 Å². The summed E-state index contributed by atoms with van der Waals surface area (Å²) in [5, 5.41) is 21.6. The van der Waals surface area contributed by atoms with Crippen LogP contribution in [-0.2, 0) is 0 Å². The molecule has 7 heteroatoms. The second-order valence-corrected chi connectivity index (χ2v) is 5.35. The molecule has 7 nitrogen and oxygen atoms in total. The lowest BCUT2D eigenvalue weighted by Gasteiger charge is -2.05. The SMILES string of the molecule is CC(C)=CCC/C(C)=C/COc1ccc([N+](=O)[O-])cc1[N+](=O)[O-]. The van der Waals surface area contributed by atoms with Crippen LogP contribution in [-0.4, -0.2) is 16.5 Å². The van der Waals surface area contributed by atoms with Crippen molar-refractivity contribution in [3.05, 3.63) is 61.7 Å². The van der Waals surface area contributed by atoms with E-state index in [9.17, 15) is 20.2 Å². The molecule has 1 aromatic carbocycles. The van der Waals surface area contributed by atoms with Gasteiger partial charge in [-0.2, -0.15) is 0 Å². The van der Waals surface area contributed by atoms with Crippen molar-refractivity contribution < 1.29 is 14.6 Å². The van der Waals surface area contributed by atoms with Gasteiger partial charge in [0.1, 0.15) is 6.61 Å². The molecule has 0 amide bonds. The topological polar surface area (TPSA) is 95.5 Å². The minimum absolute atomic E-state index is 0.0222. The van der Waals surface area contributed by atoms with E-state index in [0.717, 1.165) is 24.5 Å². The van der Waals surface area contributed by atoms with Crippen molar-refractivity contribution in [1.82, 2.24) is 0 Å². The maximum atomic E-state index is 11.0. The van der Waals surface area contributed by atoms with Crippen molar-refractivity contribution in [2.45, 2.75) is 33.6 Å². The lowest BCUT2D eigenvalue weighted by Crippen LogP contribution is -2.00. The van der Waals surface area contributed by atoms with E-state index in [1.54, 1.807) is 0 Å². The molecular formula is C16H20N2O5. The Bertz CT molecular complexity index is 646. The van der Waals surface area contributed by atoms with Crippen molar-refractivity contribution in [1.29, 1.82) is 0 Å². The highest BCUT2D eigenvalue weighted by molar-refractivity contribution is 5.53. The monoisotopic (exact) mass is 320 g/mol. The Kier molecular flexibility index (Phi) is 6.92. The van der Waals surface area contributed by atoms with Crippen LogP contribution in [0.4, 0.5) is 11.4 Å². The number of non-ortho nitro benzene ring substituents is 1. The maximum Gasteiger partial charge on any atom is 0.317 e. The molecular weight excluding hydrogens is 300 g/mol. The molecule has 0 N–H and O–H groups in total. The molecule has 0 aromatic heterocycles. The standard InChI is InChI=1S/C16H20N2O5/c1-12(2)5-4-6-13(3)9-10-23-16-8-7-14(17(19)20)11-15(16)18(21)22/h5,7-9,11H,4,6,10H2,1-3H3/b13-9+. The zero-order valence-electron chi connectivity index (χ0n) is 13.4. The lowest BCUT2D eigenvalue weighted by molar-refractivity contribution is -0.394. The van der Waals surface area contributed by atoms with Gasteiger partial charge in [-0.25, -0.2) is 0 Å². The quantitative estimate of drug-likeness (QED) is 0.397. The summed E-state index contributed by atoms with van der Waals surface area (Å²) >= 11 is 0. The van der Waals surface area contributed by atoms with Gasteiger partial charge in [-0.1, -0.05) is 17.2 Å². The number of benzene rings is 1. The van der Waals surface area contributed by atoms with Crippen molar-refractivity contribution in [3.63, 3.8) is 0 Å². The third-order valence-electron chi connectivity index (χ3n) is 3.11. The van der Waals surface area contributed by atoms with Gasteiger partial charge in [-0.05, 0) is 45.8 Å². The number of nitrogens with zero attached hydrogens (tertiary/aromatic N) is 2. The maximum absolute atomic E-state index is 11.0. The first-order chi connectivity index (χ1) is 10.8. The molecule has 0 aliphatic heterocycles. The minimum atomic E-state index is -0.687. The smallest absolute Gasteiger partial charge is 0.317 e. The number of nitro groups is 2. The zero-order valence-corrected chi connectivity index (χ0v) is 13.4. The van der Waals surface area contributed by atoms with E-state index in [1.165, 1.54) is 17.7 Å². The molecule has 0 unspecified atom stereocenters. The van der Waals surface area contributed by atoms with Crippen LogP contribution >= 0.6 is 0 Å². The van der Waals surface area contributed by atoms with Crippen molar-refractivity contribution in [3.8, 4) is 5.75 Å². The Balaban J connectivity index is 2.72. The molecule has 0 saturated heterocycles. The second kappa shape index (κ2) is 8.67. The van der Waals surface area contributed by atoms with Crippen LogP contribution in [0, 0.1) is 20.2 Å². The van der Waals surface area contributed by atoms with Crippen LogP contribution in [0.5, 0.6) is 5.75 Å². The first kappa shape index (κ1) is 18.3. The molecule has 1 rings (SSSR count). The van der Waals surface area contributed by atoms with Gasteiger partial charge in [0.05, 0.1) is 15.9 Å². The number of allylic oxidation sites excluding steroid dienone is 3. The van der Waals surface area contributed by atoms with E-state index in [-0.39, 0.29) is 18.0 Å². The summed E-state index contributed by atoms with van der Waals surface area (Å²) in [6.45, 7) is 6.22. The Morgan fingerprint density at radius 3 is 2.39 bits per heavy atom. The molecule has 0 fully saturated rings. The molecule has 0 aliphatic carbocycles. The number of nitro benzene ring substituents is 2.